The van der Waals surface area contributed by atoms with Crippen LogP contribution in [0.1, 0.15) is 39.3 Å². The second kappa shape index (κ2) is 7.95. The highest BCUT2D eigenvalue weighted by Gasteiger charge is 2.35. The third-order valence-corrected chi connectivity index (χ3v) is 4.30. The van der Waals surface area contributed by atoms with Gasteiger partial charge in [-0.15, -0.1) is 10.2 Å². The maximum atomic E-state index is 12.8. The van der Waals surface area contributed by atoms with Crippen LogP contribution in [0.2, 0.25) is 0 Å². The predicted molar refractivity (Wildman–Crippen MR) is 92.8 cm³/mol. The lowest BCUT2D eigenvalue weighted by molar-refractivity contribution is -0.147. The van der Waals surface area contributed by atoms with E-state index in [0.717, 1.165) is 0 Å². The molecule has 1 atom stereocenters. The van der Waals surface area contributed by atoms with Crippen molar-refractivity contribution >= 4 is 11.9 Å². The summed E-state index contributed by atoms with van der Waals surface area (Å²) in [6.07, 6.45) is 0. The lowest BCUT2D eigenvalue weighted by Crippen LogP contribution is -2.52. The highest BCUT2D eigenvalue weighted by Crippen LogP contribution is 2.18. The number of aliphatic carboxylic acids is 1. The van der Waals surface area contributed by atoms with Crippen molar-refractivity contribution in [2.24, 2.45) is 11.8 Å². The highest BCUT2D eigenvalue weighted by molar-refractivity contribution is 5.80. The molecule has 0 radical (unpaired) electrons. The predicted octanol–water partition coefficient (Wildman–Crippen LogP) is 0.996. The van der Waals surface area contributed by atoms with Crippen LogP contribution in [0.15, 0.2) is 0 Å². The van der Waals surface area contributed by atoms with Crippen molar-refractivity contribution in [2.75, 3.05) is 19.6 Å². The summed E-state index contributed by atoms with van der Waals surface area (Å²) in [5, 5.41) is 17.7. The summed E-state index contributed by atoms with van der Waals surface area (Å²) >= 11 is 0. The van der Waals surface area contributed by atoms with E-state index in [-0.39, 0.29) is 19.0 Å². The summed E-state index contributed by atoms with van der Waals surface area (Å²) in [4.78, 5) is 28.1. The second-order valence-corrected chi connectivity index (χ2v) is 7.62. The van der Waals surface area contributed by atoms with Gasteiger partial charge in [0.2, 0.25) is 5.91 Å². The minimum absolute atomic E-state index is 0.0293. The Morgan fingerprint density at radius 3 is 2.32 bits per heavy atom. The Bertz CT molecular complexity index is 616. The van der Waals surface area contributed by atoms with Gasteiger partial charge < -0.3 is 14.6 Å². The van der Waals surface area contributed by atoms with Crippen molar-refractivity contribution in [3.8, 4) is 0 Å². The maximum absolute atomic E-state index is 12.8. The molecule has 0 spiro atoms. The standard InChI is InChI=1S/C17H29N5O3/c1-11(2)6-21(7-12(3)4)16(23)10-20-9-15-19-18-13(5)22(15)8-14(20)17(24)25/h11-12,14H,6-10H2,1-5H3,(H,24,25). The van der Waals surface area contributed by atoms with Crippen LogP contribution in [0.5, 0.6) is 0 Å². The first-order valence-corrected chi connectivity index (χ1v) is 8.82. The number of carbonyl (C=O) groups is 2. The first kappa shape index (κ1) is 19.4. The molecule has 2 heterocycles. The molecular formula is C17H29N5O3. The molecule has 0 bridgehead atoms. The van der Waals surface area contributed by atoms with Gasteiger partial charge in [-0.05, 0) is 18.8 Å². The van der Waals surface area contributed by atoms with Crippen LogP contribution in [0.3, 0.4) is 0 Å². The summed E-state index contributed by atoms with van der Waals surface area (Å²) in [6, 6.07) is -0.744. The molecule has 0 aliphatic carbocycles. The number of rotatable bonds is 7. The molecule has 8 nitrogen and oxygen atoms in total. The summed E-state index contributed by atoms with van der Waals surface area (Å²) in [5.74, 6) is 1.19. The number of carbonyl (C=O) groups excluding carboxylic acids is 1. The molecule has 0 saturated carbocycles. The minimum Gasteiger partial charge on any atom is -0.480 e. The number of carboxylic acid groups (broad SMARTS) is 1. The lowest BCUT2D eigenvalue weighted by atomic mass is 10.1. The van der Waals surface area contributed by atoms with Crippen molar-refractivity contribution < 1.29 is 14.7 Å². The molecule has 140 valence electrons. The van der Waals surface area contributed by atoms with Gasteiger partial charge >= 0.3 is 5.97 Å². The number of aromatic nitrogens is 3. The van der Waals surface area contributed by atoms with E-state index in [1.165, 1.54) is 0 Å². The van der Waals surface area contributed by atoms with E-state index < -0.39 is 12.0 Å². The van der Waals surface area contributed by atoms with Gasteiger partial charge in [0.05, 0.1) is 19.6 Å². The van der Waals surface area contributed by atoms with Crippen LogP contribution in [-0.2, 0) is 22.7 Å². The van der Waals surface area contributed by atoms with Gasteiger partial charge in [-0.2, -0.15) is 0 Å². The molecule has 1 amide bonds. The second-order valence-electron chi connectivity index (χ2n) is 7.62. The number of amides is 1. The Morgan fingerprint density at radius 1 is 1.20 bits per heavy atom. The van der Waals surface area contributed by atoms with E-state index in [1.54, 1.807) is 4.90 Å². The molecule has 0 saturated heterocycles. The molecule has 2 rings (SSSR count). The van der Waals surface area contributed by atoms with Gasteiger partial charge in [-0.1, -0.05) is 27.7 Å². The van der Waals surface area contributed by atoms with Gasteiger partial charge in [-0.3, -0.25) is 14.5 Å². The number of fused-ring (bicyclic) bond motifs is 1. The molecule has 0 fully saturated rings. The number of aryl methyl sites for hydroxylation is 1. The van der Waals surface area contributed by atoms with Crippen LogP contribution >= 0.6 is 0 Å². The average molecular weight is 351 g/mol. The molecule has 25 heavy (non-hydrogen) atoms. The first-order valence-electron chi connectivity index (χ1n) is 8.82. The molecule has 1 unspecified atom stereocenters. The Kier molecular flexibility index (Phi) is 6.16. The fraction of sp³-hybridized carbons (Fsp3) is 0.765. The lowest BCUT2D eigenvalue weighted by Gasteiger charge is -2.35. The Hall–Kier alpha value is -1.96. The Labute approximate surface area is 148 Å². The maximum Gasteiger partial charge on any atom is 0.322 e. The molecule has 1 aromatic heterocycles. The summed E-state index contributed by atoms with van der Waals surface area (Å²) in [6.45, 7) is 12.1. The van der Waals surface area contributed by atoms with Gasteiger partial charge in [0, 0.05) is 13.1 Å². The van der Waals surface area contributed by atoms with Crippen molar-refractivity contribution in [2.45, 2.75) is 53.8 Å². The topological polar surface area (TPSA) is 91.6 Å². The van der Waals surface area contributed by atoms with Gasteiger partial charge in [-0.25, -0.2) is 0 Å². The SMILES string of the molecule is Cc1nnc2n1CC(C(=O)O)N(CC(=O)N(CC(C)C)CC(C)C)C2. The van der Waals surface area contributed by atoms with Gasteiger partial charge in [0.1, 0.15) is 17.7 Å². The highest BCUT2D eigenvalue weighted by atomic mass is 16.4. The average Bonchev–Trinajstić information content (AvgIpc) is 2.85. The zero-order chi connectivity index (χ0) is 18.7. The molecular weight excluding hydrogens is 322 g/mol. The molecule has 8 heteroatoms. The van der Waals surface area contributed by atoms with Crippen molar-refractivity contribution in [3.05, 3.63) is 11.6 Å². The third kappa shape index (κ3) is 4.78. The quantitative estimate of drug-likeness (QED) is 0.788. The number of nitrogens with zero attached hydrogens (tertiary/aromatic N) is 5. The summed E-state index contributed by atoms with van der Waals surface area (Å²) in [5.41, 5.74) is 0. The monoisotopic (exact) mass is 351 g/mol. The van der Waals surface area contributed by atoms with Gasteiger partial charge in [0.15, 0.2) is 0 Å². The molecule has 1 aliphatic rings. The number of carboxylic acids is 1. The van der Waals surface area contributed by atoms with Crippen LogP contribution in [0.25, 0.3) is 0 Å². The zero-order valence-corrected chi connectivity index (χ0v) is 15.8. The molecule has 0 aromatic carbocycles. The van der Waals surface area contributed by atoms with Crippen LogP contribution in [0, 0.1) is 18.8 Å². The van der Waals surface area contributed by atoms with Gasteiger partial charge in [0.25, 0.3) is 0 Å². The van der Waals surface area contributed by atoms with E-state index >= 15 is 0 Å². The summed E-state index contributed by atoms with van der Waals surface area (Å²) < 4.78 is 1.82. The Morgan fingerprint density at radius 2 is 1.80 bits per heavy atom. The normalized spacial score (nSPS) is 17.8. The van der Waals surface area contributed by atoms with Crippen LogP contribution in [0.4, 0.5) is 0 Å². The fourth-order valence-corrected chi connectivity index (χ4v) is 3.19. The smallest absolute Gasteiger partial charge is 0.322 e. The van der Waals surface area contributed by atoms with Crippen molar-refractivity contribution in [1.29, 1.82) is 0 Å². The van der Waals surface area contributed by atoms with E-state index in [2.05, 4.69) is 37.9 Å². The Balaban J connectivity index is 2.14. The summed E-state index contributed by atoms with van der Waals surface area (Å²) in [7, 11) is 0. The molecule has 1 aromatic rings. The van der Waals surface area contributed by atoms with E-state index in [1.807, 2.05) is 16.4 Å². The largest absolute Gasteiger partial charge is 0.480 e. The zero-order valence-electron chi connectivity index (χ0n) is 15.8. The number of hydrogen-bond donors (Lipinski definition) is 1. The number of hydrogen-bond acceptors (Lipinski definition) is 5. The third-order valence-electron chi connectivity index (χ3n) is 4.30. The van der Waals surface area contributed by atoms with Crippen molar-refractivity contribution in [1.82, 2.24) is 24.6 Å². The van der Waals surface area contributed by atoms with E-state index in [4.69, 9.17) is 0 Å². The molecule has 1 N–H and O–H groups in total. The molecule has 1 aliphatic heterocycles. The van der Waals surface area contributed by atoms with Crippen LogP contribution < -0.4 is 0 Å². The van der Waals surface area contributed by atoms with E-state index in [0.29, 0.717) is 43.1 Å². The van der Waals surface area contributed by atoms with Crippen molar-refractivity contribution in [3.63, 3.8) is 0 Å². The first-order chi connectivity index (χ1) is 11.7. The minimum atomic E-state index is -0.925. The van der Waals surface area contributed by atoms with Crippen LogP contribution in [-0.4, -0.2) is 67.2 Å². The fourth-order valence-electron chi connectivity index (χ4n) is 3.19. The van der Waals surface area contributed by atoms with E-state index in [9.17, 15) is 14.7 Å².